The van der Waals surface area contributed by atoms with Crippen molar-refractivity contribution in [2.24, 2.45) is 0 Å². The van der Waals surface area contributed by atoms with E-state index in [0.29, 0.717) is 6.07 Å². The number of nitrogens with zero attached hydrogens (tertiary/aromatic N) is 3. The molecule has 0 saturated heterocycles. The van der Waals surface area contributed by atoms with Gasteiger partial charge in [-0.1, -0.05) is 0 Å². The van der Waals surface area contributed by atoms with Gasteiger partial charge in [-0.05, 0) is 17.2 Å². The highest BCUT2D eigenvalue weighted by molar-refractivity contribution is 6.24. The van der Waals surface area contributed by atoms with Crippen LogP contribution in [0, 0.1) is 30.3 Å². The molecule has 0 aromatic heterocycles. The van der Waals surface area contributed by atoms with Crippen molar-refractivity contribution in [3.8, 4) is 11.1 Å². The molecule has 13 heteroatoms. The SMILES string of the molecule is O=C(O)C(C(=O)O)=C1c2cc([N+](=O)[O-])ccc2-c2c1cc([N+](=O)[O-])cc2[N+](=O)[O-]. The minimum Gasteiger partial charge on any atom is -0.477 e. The van der Waals surface area contributed by atoms with Gasteiger partial charge < -0.3 is 10.2 Å². The molecule has 0 radical (unpaired) electrons. The van der Waals surface area contributed by atoms with Crippen molar-refractivity contribution in [1.82, 2.24) is 0 Å². The third-order valence-corrected chi connectivity index (χ3v) is 4.21. The van der Waals surface area contributed by atoms with Crippen LogP contribution in [0.2, 0.25) is 0 Å². The molecule has 0 saturated carbocycles. The summed E-state index contributed by atoms with van der Waals surface area (Å²) in [7, 11) is 0. The van der Waals surface area contributed by atoms with Gasteiger partial charge in [-0.25, -0.2) is 9.59 Å². The van der Waals surface area contributed by atoms with Crippen molar-refractivity contribution in [3.05, 3.63) is 77.4 Å². The topological polar surface area (TPSA) is 204 Å². The summed E-state index contributed by atoms with van der Waals surface area (Å²) in [5.74, 6) is -3.85. The summed E-state index contributed by atoms with van der Waals surface area (Å²) in [5, 5.41) is 52.5. The van der Waals surface area contributed by atoms with Gasteiger partial charge in [-0.2, -0.15) is 0 Å². The van der Waals surface area contributed by atoms with Crippen LogP contribution in [0.25, 0.3) is 16.7 Å². The number of hydrogen-bond acceptors (Lipinski definition) is 8. The molecule has 0 heterocycles. The van der Waals surface area contributed by atoms with E-state index in [1.807, 2.05) is 0 Å². The number of nitro groups is 3. The van der Waals surface area contributed by atoms with Crippen LogP contribution < -0.4 is 0 Å². The Morgan fingerprint density at radius 3 is 1.76 bits per heavy atom. The molecule has 0 amide bonds. The molecule has 0 spiro atoms. The van der Waals surface area contributed by atoms with Crippen LogP contribution in [-0.4, -0.2) is 36.9 Å². The fraction of sp³-hybridized carbons (Fsp3) is 0. The highest BCUT2D eigenvalue weighted by atomic mass is 16.6. The molecular weight excluding hydrogens is 394 g/mol. The van der Waals surface area contributed by atoms with Gasteiger partial charge in [0.25, 0.3) is 17.1 Å². The highest BCUT2D eigenvalue weighted by Gasteiger charge is 2.39. The van der Waals surface area contributed by atoms with Crippen LogP contribution >= 0.6 is 0 Å². The Morgan fingerprint density at radius 1 is 0.724 bits per heavy atom. The number of fused-ring (bicyclic) bond motifs is 3. The predicted molar refractivity (Wildman–Crippen MR) is 93.1 cm³/mol. The Balaban J connectivity index is 2.58. The predicted octanol–water partition coefficient (Wildman–Crippen LogP) is 2.36. The van der Waals surface area contributed by atoms with Gasteiger partial charge in [0.1, 0.15) is 0 Å². The minimum atomic E-state index is -1.92. The largest absolute Gasteiger partial charge is 0.477 e. The average molecular weight is 401 g/mol. The summed E-state index contributed by atoms with van der Waals surface area (Å²) < 4.78 is 0. The van der Waals surface area contributed by atoms with Crippen LogP contribution in [0.3, 0.4) is 0 Å². The molecule has 0 atom stereocenters. The van der Waals surface area contributed by atoms with Gasteiger partial charge in [-0.15, -0.1) is 0 Å². The maximum absolute atomic E-state index is 11.6. The molecule has 13 nitrogen and oxygen atoms in total. The molecule has 2 aromatic rings. The average Bonchev–Trinajstić information content (AvgIpc) is 2.94. The van der Waals surface area contributed by atoms with Crippen LogP contribution in [0.4, 0.5) is 17.1 Å². The van der Waals surface area contributed by atoms with Gasteiger partial charge in [-0.3, -0.25) is 30.3 Å². The van der Waals surface area contributed by atoms with Crippen molar-refractivity contribution in [2.45, 2.75) is 0 Å². The van der Waals surface area contributed by atoms with Crippen LogP contribution in [0.1, 0.15) is 11.1 Å². The van der Waals surface area contributed by atoms with E-state index in [-0.39, 0.29) is 22.3 Å². The second-order valence-corrected chi connectivity index (χ2v) is 5.75. The van der Waals surface area contributed by atoms with E-state index in [9.17, 15) is 50.1 Å². The van der Waals surface area contributed by atoms with E-state index < -0.39 is 54.9 Å². The number of carbonyl (C=O) groups is 2. The molecule has 2 N–H and O–H groups in total. The second kappa shape index (κ2) is 6.49. The van der Waals surface area contributed by atoms with E-state index in [4.69, 9.17) is 0 Å². The number of non-ortho nitro benzene ring substituents is 2. The number of aliphatic carboxylic acids is 2. The third-order valence-electron chi connectivity index (χ3n) is 4.21. The molecule has 0 aliphatic heterocycles. The van der Waals surface area contributed by atoms with Gasteiger partial charge in [0, 0.05) is 29.3 Å². The van der Waals surface area contributed by atoms with Gasteiger partial charge >= 0.3 is 11.9 Å². The lowest BCUT2D eigenvalue weighted by atomic mass is 9.97. The quantitative estimate of drug-likeness (QED) is 0.210. The molecular formula is C16H7N3O10. The fourth-order valence-electron chi connectivity index (χ4n) is 3.13. The van der Waals surface area contributed by atoms with Gasteiger partial charge in [0.05, 0.1) is 26.4 Å². The zero-order chi connectivity index (χ0) is 21.6. The van der Waals surface area contributed by atoms with Crippen molar-refractivity contribution in [2.75, 3.05) is 0 Å². The Hall–Kier alpha value is -4.68. The number of carboxylic acid groups (broad SMARTS) is 2. The number of benzene rings is 2. The van der Waals surface area contributed by atoms with Crippen LogP contribution in [-0.2, 0) is 9.59 Å². The van der Waals surface area contributed by atoms with Crippen LogP contribution in [0.15, 0.2) is 35.9 Å². The van der Waals surface area contributed by atoms with Crippen LogP contribution in [0.5, 0.6) is 0 Å². The summed E-state index contributed by atoms with van der Waals surface area (Å²) in [6.45, 7) is 0. The molecule has 0 fully saturated rings. The first-order valence-corrected chi connectivity index (χ1v) is 7.51. The molecule has 1 aliphatic rings. The van der Waals surface area contributed by atoms with E-state index in [2.05, 4.69) is 0 Å². The first-order valence-electron chi connectivity index (χ1n) is 7.51. The van der Waals surface area contributed by atoms with Gasteiger partial charge in [0.15, 0.2) is 5.57 Å². The van der Waals surface area contributed by atoms with E-state index in [0.717, 1.165) is 24.3 Å². The lowest BCUT2D eigenvalue weighted by Crippen LogP contribution is -2.14. The summed E-state index contributed by atoms with van der Waals surface area (Å²) in [6, 6.07) is 4.41. The maximum atomic E-state index is 11.6. The Bertz CT molecular complexity index is 1180. The zero-order valence-electron chi connectivity index (χ0n) is 13.9. The monoisotopic (exact) mass is 401 g/mol. The van der Waals surface area contributed by atoms with E-state index in [1.165, 1.54) is 0 Å². The highest BCUT2D eigenvalue weighted by Crippen LogP contribution is 2.51. The number of rotatable bonds is 5. The van der Waals surface area contributed by atoms with Gasteiger partial charge in [0.2, 0.25) is 0 Å². The van der Waals surface area contributed by atoms with E-state index >= 15 is 0 Å². The van der Waals surface area contributed by atoms with Crippen molar-refractivity contribution in [3.63, 3.8) is 0 Å². The third kappa shape index (κ3) is 2.91. The Labute approximate surface area is 158 Å². The first-order chi connectivity index (χ1) is 13.5. The Morgan fingerprint density at radius 2 is 1.28 bits per heavy atom. The Kier molecular flexibility index (Phi) is 4.27. The number of hydrogen-bond donors (Lipinski definition) is 2. The molecule has 146 valence electrons. The summed E-state index contributed by atoms with van der Waals surface area (Å²) in [5.41, 5.74) is -4.87. The fourth-order valence-corrected chi connectivity index (χ4v) is 3.13. The summed E-state index contributed by atoms with van der Waals surface area (Å²) in [6.07, 6.45) is 0. The molecule has 0 bridgehead atoms. The smallest absolute Gasteiger partial charge is 0.343 e. The summed E-state index contributed by atoms with van der Waals surface area (Å²) in [4.78, 5) is 54.2. The molecule has 2 aromatic carbocycles. The zero-order valence-corrected chi connectivity index (χ0v) is 13.9. The number of nitro benzene ring substituents is 3. The first kappa shape index (κ1) is 19.1. The van der Waals surface area contributed by atoms with Crippen molar-refractivity contribution < 1.29 is 34.6 Å². The molecule has 0 unspecified atom stereocenters. The van der Waals surface area contributed by atoms with Crippen molar-refractivity contribution >= 4 is 34.6 Å². The van der Waals surface area contributed by atoms with E-state index in [1.54, 1.807) is 0 Å². The maximum Gasteiger partial charge on any atom is 0.343 e. The molecule has 29 heavy (non-hydrogen) atoms. The lowest BCUT2D eigenvalue weighted by molar-refractivity contribution is -0.393. The number of carboxylic acids is 2. The standard InChI is InChI=1S/C16H7N3O10/c20-15(21)14(16(22)23)13-9-3-6(17(24)25)1-2-8(9)12-10(13)4-7(18(26)27)5-11(12)19(28)29/h1-5H,(H,20,21)(H,22,23). The van der Waals surface area contributed by atoms with Crippen molar-refractivity contribution in [1.29, 1.82) is 0 Å². The summed E-state index contributed by atoms with van der Waals surface area (Å²) >= 11 is 0. The molecule has 3 rings (SSSR count). The minimum absolute atomic E-state index is 0.0535. The second-order valence-electron chi connectivity index (χ2n) is 5.75. The lowest BCUT2D eigenvalue weighted by Gasteiger charge is -2.06. The molecule has 1 aliphatic carbocycles. The normalized spacial score (nSPS) is 11.4.